The minimum Gasteiger partial charge on any atom is -0.480 e. The molecule has 0 heterocycles. The van der Waals surface area contributed by atoms with Gasteiger partial charge in [0, 0.05) is 5.25 Å². The summed E-state index contributed by atoms with van der Waals surface area (Å²) in [5.74, 6) is 0.448. The van der Waals surface area contributed by atoms with Crippen molar-refractivity contribution in [3.05, 3.63) is 0 Å². The molecule has 4 heteroatoms. The van der Waals surface area contributed by atoms with Gasteiger partial charge in [-0.1, -0.05) is 6.92 Å². The van der Waals surface area contributed by atoms with Gasteiger partial charge < -0.3 is 10.4 Å². The molecule has 0 aromatic carbocycles. The summed E-state index contributed by atoms with van der Waals surface area (Å²) in [6, 6.07) is 0. The standard InChI is InChI=1S/C10H19NO2S/c1-3-6-14-8-4-5-10(7-8,11-2)9(12)13/h8,11H,3-7H2,1-2H3,(H,12,13). The molecule has 1 aliphatic rings. The summed E-state index contributed by atoms with van der Waals surface area (Å²) in [6.45, 7) is 2.16. The van der Waals surface area contributed by atoms with Crippen LogP contribution in [0.15, 0.2) is 0 Å². The van der Waals surface area contributed by atoms with Crippen LogP contribution in [0, 0.1) is 0 Å². The van der Waals surface area contributed by atoms with Crippen molar-refractivity contribution in [2.45, 2.75) is 43.4 Å². The molecular formula is C10H19NO2S. The molecule has 1 saturated carbocycles. The zero-order valence-corrected chi connectivity index (χ0v) is 9.69. The van der Waals surface area contributed by atoms with Crippen molar-refractivity contribution in [3.63, 3.8) is 0 Å². The summed E-state index contributed by atoms with van der Waals surface area (Å²) >= 11 is 1.92. The van der Waals surface area contributed by atoms with Crippen LogP contribution in [0.5, 0.6) is 0 Å². The van der Waals surface area contributed by atoms with E-state index in [2.05, 4.69) is 12.2 Å². The Kier molecular flexibility index (Phi) is 4.26. The first-order chi connectivity index (χ1) is 6.64. The number of rotatable bonds is 5. The van der Waals surface area contributed by atoms with Crippen LogP contribution in [0.2, 0.25) is 0 Å². The lowest BCUT2D eigenvalue weighted by Crippen LogP contribution is -2.48. The monoisotopic (exact) mass is 217 g/mol. The van der Waals surface area contributed by atoms with Gasteiger partial charge in [0.05, 0.1) is 0 Å². The van der Waals surface area contributed by atoms with Crippen LogP contribution in [0.1, 0.15) is 32.6 Å². The van der Waals surface area contributed by atoms with Gasteiger partial charge in [0.1, 0.15) is 5.54 Å². The first kappa shape index (κ1) is 11.9. The second-order valence-electron chi connectivity index (χ2n) is 3.87. The van der Waals surface area contributed by atoms with Crippen LogP contribution in [0.3, 0.4) is 0 Å². The van der Waals surface area contributed by atoms with E-state index in [1.807, 2.05) is 11.8 Å². The highest BCUT2D eigenvalue weighted by molar-refractivity contribution is 7.99. The molecule has 2 unspecified atom stereocenters. The lowest BCUT2D eigenvalue weighted by Gasteiger charge is -2.23. The highest BCUT2D eigenvalue weighted by atomic mass is 32.2. The summed E-state index contributed by atoms with van der Waals surface area (Å²) in [5.41, 5.74) is -0.647. The van der Waals surface area contributed by atoms with Crippen molar-refractivity contribution in [2.24, 2.45) is 0 Å². The van der Waals surface area contributed by atoms with E-state index in [-0.39, 0.29) is 0 Å². The Bertz CT molecular complexity index is 210. The maximum Gasteiger partial charge on any atom is 0.323 e. The summed E-state index contributed by atoms with van der Waals surface area (Å²) in [6.07, 6.45) is 3.72. The summed E-state index contributed by atoms with van der Waals surface area (Å²) < 4.78 is 0. The third kappa shape index (κ3) is 2.42. The van der Waals surface area contributed by atoms with Gasteiger partial charge >= 0.3 is 5.97 Å². The Hall–Kier alpha value is -0.220. The molecule has 1 rings (SSSR count). The van der Waals surface area contributed by atoms with E-state index in [1.54, 1.807) is 7.05 Å². The van der Waals surface area contributed by atoms with E-state index in [1.165, 1.54) is 6.42 Å². The number of carboxylic acid groups (broad SMARTS) is 1. The topological polar surface area (TPSA) is 49.3 Å². The van der Waals surface area contributed by atoms with Gasteiger partial charge in [0.25, 0.3) is 0 Å². The second-order valence-corrected chi connectivity index (χ2v) is 5.28. The van der Waals surface area contributed by atoms with Gasteiger partial charge in [0.2, 0.25) is 0 Å². The summed E-state index contributed by atoms with van der Waals surface area (Å²) in [5, 5.41) is 12.6. The number of thioether (sulfide) groups is 1. The van der Waals surface area contributed by atoms with Gasteiger partial charge in [-0.05, 0) is 38.5 Å². The van der Waals surface area contributed by atoms with E-state index in [9.17, 15) is 4.79 Å². The van der Waals surface area contributed by atoms with Crippen LogP contribution in [-0.2, 0) is 4.79 Å². The molecule has 3 nitrogen and oxygen atoms in total. The minimum atomic E-state index is -0.695. The lowest BCUT2D eigenvalue weighted by atomic mass is 9.99. The molecular weight excluding hydrogens is 198 g/mol. The summed E-state index contributed by atoms with van der Waals surface area (Å²) in [4.78, 5) is 11.1. The van der Waals surface area contributed by atoms with E-state index in [0.717, 1.165) is 25.0 Å². The molecule has 0 aromatic rings. The third-order valence-electron chi connectivity index (χ3n) is 2.91. The third-order valence-corrected chi connectivity index (χ3v) is 4.43. The zero-order chi connectivity index (χ0) is 10.6. The number of carboxylic acids is 1. The highest BCUT2D eigenvalue weighted by Crippen LogP contribution is 2.37. The van der Waals surface area contributed by atoms with Crippen molar-refractivity contribution in [3.8, 4) is 0 Å². The average molecular weight is 217 g/mol. The molecule has 14 heavy (non-hydrogen) atoms. The molecule has 0 radical (unpaired) electrons. The zero-order valence-electron chi connectivity index (χ0n) is 8.88. The van der Waals surface area contributed by atoms with Gasteiger partial charge in [0.15, 0.2) is 0 Å². The lowest BCUT2D eigenvalue weighted by molar-refractivity contribution is -0.144. The Labute approximate surface area is 89.6 Å². The second kappa shape index (κ2) is 5.03. The molecule has 0 saturated heterocycles. The Morgan fingerprint density at radius 2 is 2.43 bits per heavy atom. The van der Waals surface area contributed by atoms with E-state index >= 15 is 0 Å². The largest absolute Gasteiger partial charge is 0.480 e. The number of carbonyl (C=O) groups is 1. The van der Waals surface area contributed by atoms with Crippen molar-refractivity contribution in [1.29, 1.82) is 0 Å². The molecule has 1 aliphatic carbocycles. The van der Waals surface area contributed by atoms with Crippen LogP contribution in [0.25, 0.3) is 0 Å². The number of aliphatic carboxylic acids is 1. The Morgan fingerprint density at radius 3 is 2.86 bits per heavy atom. The normalized spacial score (nSPS) is 32.0. The first-order valence-electron chi connectivity index (χ1n) is 5.18. The van der Waals surface area contributed by atoms with Gasteiger partial charge in [-0.2, -0.15) is 11.8 Å². The van der Waals surface area contributed by atoms with Crippen LogP contribution >= 0.6 is 11.8 Å². The van der Waals surface area contributed by atoms with Gasteiger partial charge in [-0.25, -0.2) is 0 Å². The van der Waals surface area contributed by atoms with Gasteiger partial charge in [-0.3, -0.25) is 4.79 Å². The minimum absolute atomic E-state index is 0.526. The van der Waals surface area contributed by atoms with E-state index in [4.69, 9.17) is 5.11 Å². The molecule has 0 amide bonds. The fourth-order valence-corrected chi connectivity index (χ4v) is 3.21. The molecule has 82 valence electrons. The number of nitrogens with one attached hydrogen (secondary N) is 1. The predicted molar refractivity (Wildman–Crippen MR) is 59.8 cm³/mol. The van der Waals surface area contributed by atoms with Crippen LogP contribution in [-0.4, -0.2) is 34.7 Å². The molecule has 2 N–H and O–H groups in total. The highest BCUT2D eigenvalue weighted by Gasteiger charge is 2.44. The molecule has 0 spiro atoms. The quantitative estimate of drug-likeness (QED) is 0.736. The first-order valence-corrected chi connectivity index (χ1v) is 6.23. The molecule has 0 bridgehead atoms. The van der Waals surface area contributed by atoms with E-state index < -0.39 is 11.5 Å². The number of likely N-dealkylation sites (N-methyl/N-ethyl adjacent to an activating group) is 1. The van der Waals surface area contributed by atoms with Crippen molar-refractivity contribution in [1.82, 2.24) is 5.32 Å². The Balaban J connectivity index is 2.48. The number of hydrogen-bond acceptors (Lipinski definition) is 3. The molecule has 2 atom stereocenters. The molecule has 1 fully saturated rings. The van der Waals surface area contributed by atoms with Gasteiger partial charge in [-0.15, -0.1) is 0 Å². The molecule has 0 aliphatic heterocycles. The fraction of sp³-hybridized carbons (Fsp3) is 0.900. The maximum atomic E-state index is 11.1. The smallest absolute Gasteiger partial charge is 0.323 e. The fourth-order valence-electron chi connectivity index (χ4n) is 1.96. The van der Waals surface area contributed by atoms with Crippen LogP contribution in [0.4, 0.5) is 0 Å². The van der Waals surface area contributed by atoms with Crippen molar-refractivity contribution in [2.75, 3.05) is 12.8 Å². The number of hydrogen-bond donors (Lipinski definition) is 2. The summed E-state index contributed by atoms with van der Waals surface area (Å²) in [7, 11) is 1.75. The average Bonchev–Trinajstić information content (AvgIpc) is 2.59. The maximum absolute atomic E-state index is 11.1. The van der Waals surface area contributed by atoms with Crippen LogP contribution < -0.4 is 5.32 Å². The Morgan fingerprint density at radius 1 is 1.71 bits per heavy atom. The predicted octanol–water partition coefficient (Wildman–Crippen LogP) is 1.72. The molecule has 0 aromatic heterocycles. The van der Waals surface area contributed by atoms with E-state index in [0.29, 0.717) is 5.25 Å². The SMILES string of the molecule is CCCSC1CCC(NC)(C(=O)O)C1. The van der Waals surface area contributed by atoms with Crippen molar-refractivity contribution >= 4 is 17.7 Å². The van der Waals surface area contributed by atoms with Crippen molar-refractivity contribution < 1.29 is 9.90 Å².